The molecule has 0 unspecified atom stereocenters. The number of anilines is 1. The summed E-state index contributed by atoms with van der Waals surface area (Å²) >= 11 is 1.97. The molecule has 1 aliphatic heterocycles. The van der Waals surface area contributed by atoms with Crippen LogP contribution in [0.4, 0.5) is 5.69 Å². The van der Waals surface area contributed by atoms with Gasteiger partial charge in [0, 0.05) is 36.3 Å². The minimum atomic E-state index is 0.809. The number of fused-ring (bicyclic) bond motifs is 1. The minimum Gasteiger partial charge on any atom is -0.338 e. The van der Waals surface area contributed by atoms with E-state index >= 15 is 0 Å². The maximum Gasteiger partial charge on any atom is 0.157 e. The standard InChI is InChI=1S/C28H32N4S/c1-3-5-8-15-33-32-14-13-30-27-23(16-20(4-2)17-25(27)32)29-28(30)26-18-22-9-6-7-10-24(22)31(26)19-21-11-12-21/h4,6-7,9-10,16-18,21H,2-3,5,8,11-15,19H2,1H3. The van der Waals surface area contributed by atoms with E-state index in [-0.39, 0.29) is 0 Å². The average molecular weight is 457 g/mol. The molecule has 0 saturated heterocycles. The first-order valence-electron chi connectivity index (χ1n) is 12.4. The van der Waals surface area contributed by atoms with Crippen LogP contribution in [0.15, 0.2) is 49.0 Å². The first kappa shape index (κ1) is 20.9. The predicted molar refractivity (Wildman–Crippen MR) is 143 cm³/mol. The summed E-state index contributed by atoms with van der Waals surface area (Å²) in [7, 11) is 0. The Bertz CT molecular complexity index is 1330. The van der Waals surface area contributed by atoms with Crippen molar-refractivity contribution in [2.75, 3.05) is 16.6 Å². The molecule has 0 N–H and O–H groups in total. The zero-order valence-electron chi connectivity index (χ0n) is 19.5. The van der Waals surface area contributed by atoms with Crippen molar-refractivity contribution in [3.63, 3.8) is 0 Å². The Morgan fingerprint density at radius 3 is 2.82 bits per heavy atom. The number of imidazole rings is 1. The molecule has 4 nitrogen and oxygen atoms in total. The highest BCUT2D eigenvalue weighted by atomic mass is 32.2. The van der Waals surface area contributed by atoms with E-state index in [1.807, 2.05) is 18.0 Å². The van der Waals surface area contributed by atoms with Crippen molar-refractivity contribution in [2.45, 2.75) is 52.1 Å². The smallest absolute Gasteiger partial charge is 0.157 e. The van der Waals surface area contributed by atoms with Gasteiger partial charge in [-0.25, -0.2) is 4.98 Å². The van der Waals surface area contributed by atoms with Crippen LogP contribution in [0.5, 0.6) is 0 Å². The Kier molecular flexibility index (Phi) is 5.45. The molecule has 2 aromatic heterocycles. The number of hydrogen-bond acceptors (Lipinski definition) is 3. The van der Waals surface area contributed by atoms with E-state index in [0.29, 0.717) is 0 Å². The molecule has 3 heterocycles. The highest BCUT2D eigenvalue weighted by molar-refractivity contribution is 8.00. The van der Waals surface area contributed by atoms with Gasteiger partial charge in [-0.05, 0) is 67.0 Å². The van der Waals surface area contributed by atoms with Gasteiger partial charge in [0.1, 0.15) is 0 Å². The number of unbranched alkanes of at least 4 members (excludes halogenated alkanes) is 2. The monoisotopic (exact) mass is 456 g/mol. The number of para-hydroxylation sites is 1. The quantitative estimate of drug-likeness (QED) is 0.194. The predicted octanol–water partition coefficient (Wildman–Crippen LogP) is 7.37. The zero-order chi connectivity index (χ0) is 22.4. The van der Waals surface area contributed by atoms with Gasteiger partial charge in [0.15, 0.2) is 5.82 Å². The van der Waals surface area contributed by atoms with E-state index in [4.69, 9.17) is 4.98 Å². The highest BCUT2D eigenvalue weighted by Crippen LogP contribution is 2.41. The fraction of sp³-hybridized carbons (Fsp3) is 0.393. The van der Waals surface area contributed by atoms with Crippen LogP contribution < -0.4 is 4.31 Å². The molecule has 0 radical (unpaired) electrons. The van der Waals surface area contributed by atoms with E-state index < -0.39 is 0 Å². The van der Waals surface area contributed by atoms with Crippen LogP contribution in [0.1, 0.15) is 44.6 Å². The lowest BCUT2D eigenvalue weighted by Crippen LogP contribution is -2.26. The van der Waals surface area contributed by atoms with E-state index in [0.717, 1.165) is 42.5 Å². The van der Waals surface area contributed by atoms with Crippen molar-refractivity contribution >= 4 is 45.6 Å². The van der Waals surface area contributed by atoms with Crippen LogP contribution in [0.2, 0.25) is 0 Å². The van der Waals surface area contributed by atoms with Crippen molar-refractivity contribution < 1.29 is 0 Å². The van der Waals surface area contributed by atoms with Gasteiger partial charge in [-0.2, -0.15) is 0 Å². The lowest BCUT2D eigenvalue weighted by molar-refractivity contribution is 0.643. The maximum atomic E-state index is 5.25. The summed E-state index contributed by atoms with van der Waals surface area (Å²) in [5.41, 5.74) is 7.38. The van der Waals surface area contributed by atoms with Crippen LogP contribution in [-0.2, 0) is 13.1 Å². The van der Waals surface area contributed by atoms with Crippen molar-refractivity contribution in [3.05, 3.63) is 54.6 Å². The molecule has 1 fully saturated rings. The Morgan fingerprint density at radius 1 is 1.12 bits per heavy atom. The molecule has 5 heteroatoms. The second-order valence-electron chi connectivity index (χ2n) is 9.48. The van der Waals surface area contributed by atoms with Crippen LogP contribution in [0.3, 0.4) is 0 Å². The molecule has 1 saturated carbocycles. The molecule has 170 valence electrons. The van der Waals surface area contributed by atoms with Gasteiger partial charge in [0.25, 0.3) is 0 Å². The fourth-order valence-electron chi connectivity index (χ4n) is 5.11. The summed E-state index contributed by atoms with van der Waals surface area (Å²) in [6, 6.07) is 15.6. The molecule has 1 aliphatic carbocycles. The Hall–Kier alpha value is -2.66. The van der Waals surface area contributed by atoms with Crippen molar-refractivity contribution in [3.8, 4) is 11.5 Å². The summed E-state index contributed by atoms with van der Waals surface area (Å²) in [5.74, 6) is 3.09. The van der Waals surface area contributed by atoms with E-state index in [2.05, 4.69) is 69.4 Å². The van der Waals surface area contributed by atoms with Gasteiger partial charge in [-0.3, -0.25) is 0 Å². The molecule has 6 rings (SSSR count). The Balaban J connectivity index is 1.48. The van der Waals surface area contributed by atoms with E-state index in [1.165, 1.54) is 65.7 Å². The second kappa shape index (κ2) is 8.60. The average Bonchev–Trinajstić information content (AvgIpc) is 3.49. The van der Waals surface area contributed by atoms with Crippen LogP contribution in [0, 0.1) is 5.92 Å². The summed E-state index contributed by atoms with van der Waals surface area (Å²) in [5, 5.41) is 1.31. The number of benzene rings is 2. The zero-order valence-corrected chi connectivity index (χ0v) is 20.3. The van der Waals surface area contributed by atoms with Crippen molar-refractivity contribution in [2.24, 2.45) is 5.92 Å². The van der Waals surface area contributed by atoms with Gasteiger partial charge in [0.05, 0.1) is 22.4 Å². The summed E-state index contributed by atoms with van der Waals surface area (Å²) in [4.78, 5) is 5.25. The Morgan fingerprint density at radius 2 is 2.00 bits per heavy atom. The lowest BCUT2D eigenvalue weighted by Gasteiger charge is -2.30. The van der Waals surface area contributed by atoms with Crippen LogP contribution in [-0.4, -0.2) is 26.4 Å². The summed E-state index contributed by atoms with van der Waals surface area (Å²) < 4.78 is 7.49. The highest BCUT2D eigenvalue weighted by Gasteiger charge is 2.28. The molecule has 4 aromatic rings. The number of hydrogen-bond donors (Lipinski definition) is 0. The van der Waals surface area contributed by atoms with Gasteiger partial charge in [-0.1, -0.05) is 50.6 Å². The fourth-order valence-corrected chi connectivity index (χ4v) is 6.15. The van der Waals surface area contributed by atoms with Gasteiger partial charge in [0.2, 0.25) is 0 Å². The summed E-state index contributed by atoms with van der Waals surface area (Å²) in [6.45, 7) is 9.39. The summed E-state index contributed by atoms with van der Waals surface area (Å²) in [6.07, 6.45) is 8.48. The normalized spacial score (nSPS) is 15.6. The topological polar surface area (TPSA) is 26.0 Å². The molecular weight excluding hydrogens is 424 g/mol. The molecule has 33 heavy (non-hydrogen) atoms. The van der Waals surface area contributed by atoms with Gasteiger partial charge in [-0.15, -0.1) is 0 Å². The number of rotatable bonds is 9. The van der Waals surface area contributed by atoms with Gasteiger partial charge >= 0.3 is 0 Å². The molecule has 0 atom stereocenters. The Labute approximate surface area is 200 Å². The first-order valence-corrected chi connectivity index (χ1v) is 13.4. The third-order valence-corrected chi connectivity index (χ3v) is 8.21. The largest absolute Gasteiger partial charge is 0.338 e. The van der Waals surface area contributed by atoms with Crippen molar-refractivity contribution in [1.82, 2.24) is 14.1 Å². The molecule has 2 aliphatic rings. The second-order valence-corrected chi connectivity index (χ2v) is 10.6. The number of nitrogens with zero attached hydrogens (tertiary/aromatic N) is 4. The van der Waals surface area contributed by atoms with Gasteiger partial charge < -0.3 is 13.4 Å². The van der Waals surface area contributed by atoms with Crippen LogP contribution in [0.25, 0.3) is 39.5 Å². The minimum absolute atomic E-state index is 0.809. The third-order valence-electron chi connectivity index (χ3n) is 7.05. The molecule has 2 aromatic carbocycles. The lowest BCUT2D eigenvalue weighted by atomic mass is 10.1. The SMILES string of the molecule is C=Cc1cc2c3c(c1)nc(-c1cc4ccccc4n1CC1CC1)n3CCN2SCCCCC. The number of aromatic nitrogens is 3. The van der Waals surface area contributed by atoms with Crippen LogP contribution >= 0.6 is 11.9 Å². The van der Waals surface area contributed by atoms with Crippen molar-refractivity contribution in [1.29, 1.82) is 0 Å². The molecular formula is C28H32N4S. The van der Waals surface area contributed by atoms with E-state index in [1.54, 1.807) is 0 Å². The van der Waals surface area contributed by atoms with E-state index in [9.17, 15) is 0 Å². The maximum absolute atomic E-state index is 5.25. The molecule has 0 bridgehead atoms. The third kappa shape index (κ3) is 3.76. The molecule has 0 spiro atoms. The molecule has 0 amide bonds. The first-order chi connectivity index (χ1) is 16.3.